The molecule has 0 aliphatic rings. The van der Waals surface area contributed by atoms with Crippen LogP contribution in [0.1, 0.15) is 126 Å². The van der Waals surface area contributed by atoms with Crippen LogP contribution < -0.4 is 31.6 Å². The fourth-order valence-electron chi connectivity index (χ4n) is 5.35. The minimum Gasteiger partial charge on any atom is -1.00 e. The summed E-state index contributed by atoms with van der Waals surface area (Å²) in [7, 11) is 0. The fourth-order valence-corrected chi connectivity index (χ4v) is 5.98. The van der Waals surface area contributed by atoms with Crippen molar-refractivity contribution >= 4 is 22.9 Å². The highest BCUT2D eigenvalue weighted by Gasteiger charge is 2.20. The van der Waals surface area contributed by atoms with E-state index in [1.165, 1.54) is 81.1 Å². The van der Waals surface area contributed by atoms with Gasteiger partial charge in [0.1, 0.15) is 5.75 Å². The zero-order valence-electron chi connectivity index (χ0n) is 27.4. The van der Waals surface area contributed by atoms with E-state index in [0.717, 1.165) is 42.1 Å². The standard InChI is InChI=1S/C37H54N2O2S.BrH/c1-6-7-8-9-10-11-12-13-14-15-16-17-24-41-35-23-20-32(25-34(35)37(3,4)5)26-36(40)38-33-21-18-31(19-22-33)28-39-27-30(2)42-29-39;/h18-23,25,27,29H,6-17,24,26,28H2,1-5H3;1H. The van der Waals surface area contributed by atoms with Gasteiger partial charge in [-0.05, 0) is 48.1 Å². The normalized spacial score (nSPS) is 11.3. The molecular formula is C37H55BrN2O2S. The van der Waals surface area contributed by atoms with Crippen LogP contribution in [0.4, 0.5) is 5.69 Å². The summed E-state index contributed by atoms with van der Waals surface area (Å²) in [6.07, 6.45) is 18.6. The van der Waals surface area contributed by atoms with Crippen LogP contribution in [0.25, 0.3) is 0 Å². The molecule has 238 valence electrons. The number of thiazole rings is 1. The lowest BCUT2D eigenvalue weighted by molar-refractivity contribution is -0.683. The Kier molecular flexibility index (Phi) is 17.2. The second-order valence-corrected chi connectivity index (χ2v) is 14.0. The Morgan fingerprint density at radius 3 is 1.98 bits per heavy atom. The molecule has 0 saturated heterocycles. The van der Waals surface area contributed by atoms with Crippen LogP contribution in [0.15, 0.2) is 54.2 Å². The minimum atomic E-state index is -0.0623. The Hall–Kier alpha value is -2.18. The molecule has 0 saturated carbocycles. The lowest BCUT2D eigenvalue weighted by atomic mass is 9.85. The summed E-state index contributed by atoms with van der Waals surface area (Å²) in [6, 6.07) is 14.4. The van der Waals surface area contributed by atoms with E-state index in [1.54, 1.807) is 11.3 Å². The number of ether oxygens (including phenoxy) is 1. The van der Waals surface area contributed by atoms with E-state index in [4.69, 9.17) is 4.74 Å². The predicted octanol–water partition coefficient (Wildman–Crippen LogP) is 6.95. The van der Waals surface area contributed by atoms with E-state index < -0.39 is 0 Å². The average Bonchev–Trinajstić information content (AvgIpc) is 3.36. The SMILES string of the molecule is CCCCCCCCCCCCCCOc1ccc(CC(=O)Nc2ccc(C[n+]3csc(C)c3)cc2)cc1C(C)(C)C.[Br-]. The highest BCUT2D eigenvalue weighted by molar-refractivity contribution is 7.09. The van der Waals surface area contributed by atoms with Gasteiger partial charge in [0.05, 0.1) is 17.9 Å². The van der Waals surface area contributed by atoms with Crippen molar-refractivity contribution in [2.75, 3.05) is 11.9 Å². The summed E-state index contributed by atoms with van der Waals surface area (Å²) >= 11 is 1.75. The van der Waals surface area contributed by atoms with Gasteiger partial charge < -0.3 is 27.0 Å². The van der Waals surface area contributed by atoms with Gasteiger partial charge in [0, 0.05) is 11.3 Å². The van der Waals surface area contributed by atoms with Crippen LogP contribution in [0, 0.1) is 6.92 Å². The number of halogens is 1. The third-order valence-electron chi connectivity index (χ3n) is 7.80. The first-order valence-corrected chi connectivity index (χ1v) is 17.2. The van der Waals surface area contributed by atoms with Gasteiger partial charge in [-0.2, -0.15) is 4.57 Å². The molecule has 1 heterocycles. The van der Waals surface area contributed by atoms with E-state index in [2.05, 4.69) is 80.5 Å². The van der Waals surface area contributed by atoms with Gasteiger partial charge in [-0.1, -0.05) is 134 Å². The number of nitrogens with zero attached hydrogens (tertiary/aromatic N) is 1. The monoisotopic (exact) mass is 670 g/mol. The van der Waals surface area contributed by atoms with Crippen LogP contribution in [0.3, 0.4) is 0 Å². The number of amides is 1. The molecule has 6 heteroatoms. The molecule has 0 atom stereocenters. The number of carbonyl (C=O) groups excluding carboxylic acids is 1. The third kappa shape index (κ3) is 14.4. The number of rotatable bonds is 19. The molecule has 1 aromatic heterocycles. The number of unbranched alkanes of at least 4 members (excludes halogenated alkanes) is 11. The number of carbonyl (C=O) groups is 1. The number of hydrogen-bond acceptors (Lipinski definition) is 3. The van der Waals surface area contributed by atoms with Crippen molar-refractivity contribution in [3.63, 3.8) is 0 Å². The molecule has 4 nitrogen and oxygen atoms in total. The molecule has 3 rings (SSSR count). The molecule has 0 radical (unpaired) electrons. The lowest BCUT2D eigenvalue weighted by Gasteiger charge is -2.24. The summed E-state index contributed by atoms with van der Waals surface area (Å²) in [5, 5.41) is 3.06. The Balaban J connectivity index is 0.00000645. The van der Waals surface area contributed by atoms with Gasteiger partial charge in [-0.15, -0.1) is 0 Å². The number of aromatic nitrogens is 1. The van der Waals surface area contributed by atoms with Crippen LogP contribution in [-0.2, 0) is 23.2 Å². The Bertz CT molecular complexity index is 1200. The quantitative estimate of drug-likeness (QED) is 0.111. The summed E-state index contributed by atoms with van der Waals surface area (Å²) in [5.41, 5.74) is 6.28. The molecule has 2 aromatic carbocycles. The van der Waals surface area contributed by atoms with Gasteiger partial charge in [0.15, 0.2) is 12.7 Å². The molecule has 1 N–H and O–H groups in total. The highest BCUT2D eigenvalue weighted by Crippen LogP contribution is 2.32. The maximum atomic E-state index is 12.9. The average molecular weight is 672 g/mol. The van der Waals surface area contributed by atoms with E-state index >= 15 is 0 Å². The van der Waals surface area contributed by atoms with Gasteiger partial charge in [0.25, 0.3) is 0 Å². The first-order chi connectivity index (χ1) is 20.2. The number of benzene rings is 2. The fraction of sp³-hybridized carbons (Fsp3) is 0.568. The Labute approximate surface area is 276 Å². The van der Waals surface area contributed by atoms with Crippen LogP contribution >= 0.6 is 11.3 Å². The maximum Gasteiger partial charge on any atom is 0.228 e. The van der Waals surface area contributed by atoms with Gasteiger partial charge in [-0.25, -0.2) is 0 Å². The lowest BCUT2D eigenvalue weighted by Crippen LogP contribution is -3.00. The van der Waals surface area contributed by atoms with Gasteiger partial charge in [0.2, 0.25) is 11.4 Å². The van der Waals surface area contributed by atoms with Gasteiger partial charge >= 0.3 is 0 Å². The van der Waals surface area contributed by atoms with E-state index in [-0.39, 0.29) is 28.3 Å². The van der Waals surface area contributed by atoms with E-state index in [0.29, 0.717) is 6.42 Å². The molecule has 3 aromatic rings. The topological polar surface area (TPSA) is 42.2 Å². The molecule has 0 bridgehead atoms. The minimum absolute atomic E-state index is 0. The molecule has 0 aliphatic carbocycles. The zero-order valence-corrected chi connectivity index (χ0v) is 29.8. The molecule has 43 heavy (non-hydrogen) atoms. The highest BCUT2D eigenvalue weighted by atomic mass is 79.9. The van der Waals surface area contributed by atoms with Crippen LogP contribution in [0.5, 0.6) is 5.75 Å². The number of hydrogen-bond donors (Lipinski definition) is 1. The van der Waals surface area contributed by atoms with Crippen molar-refractivity contribution in [3.8, 4) is 5.75 Å². The summed E-state index contributed by atoms with van der Waals surface area (Å²) in [6.45, 7) is 12.6. The summed E-state index contributed by atoms with van der Waals surface area (Å²) < 4.78 is 8.45. The van der Waals surface area contributed by atoms with Crippen molar-refractivity contribution in [2.45, 2.75) is 130 Å². The van der Waals surface area contributed by atoms with E-state index in [1.807, 2.05) is 18.2 Å². The number of anilines is 1. The maximum absolute atomic E-state index is 12.9. The predicted molar refractivity (Wildman–Crippen MR) is 179 cm³/mol. The van der Waals surface area contributed by atoms with Crippen LogP contribution in [-0.4, -0.2) is 12.5 Å². The van der Waals surface area contributed by atoms with Crippen LogP contribution in [0.2, 0.25) is 0 Å². The second kappa shape index (κ2) is 20.0. The van der Waals surface area contributed by atoms with Crippen molar-refractivity contribution in [2.24, 2.45) is 0 Å². The second-order valence-electron chi connectivity index (χ2n) is 12.9. The molecular weight excluding hydrogens is 616 g/mol. The largest absolute Gasteiger partial charge is 1.00 e. The zero-order chi connectivity index (χ0) is 30.2. The molecule has 0 aliphatic heterocycles. The van der Waals surface area contributed by atoms with Crippen molar-refractivity contribution < 1.29 is 31.1 Å². The first kappa shape index (κ1) is 37.0. The van der Waals surface area contributed by atoms with Gasteiger partial charge in [-0.3, -0.25) is 4.79 Å². The smallest absolute Gasteiger partial charge is 0.228 e. The molecule has 0 unspecified atom stereocenters. The first-order valence-electron chi connectivity index (χ1n) is 16.3. The molecule has 0 fully saturated rings. The summed E-state index contributed by atoms with van der Waals surface area (Å²) in [4.78, 5) is 14.2. The van der Waals surface area contributed by atoms with E-state index in [9.17, 15) is 4.79 Å². The Morgan fingerprint density at radius 2 is 1.42 bits per heavy atom. The molecule has 0 spiro atoms. The summed E-state index contributed by atoms with van der Waals surface area (Å²) in [5.74, 6) is 0.944. The van der Waals surface area contributed by atoms with Crippen molar-refractivity contribution in [1.29, 1.82) is 0 Å². The third-order valence-corrected chi connectivity index (χ3v) is 8.65. The Morgan fingerprint density at radius 1 is 0.837 bits per heavy atom. The molecule has 1 amide bonds. The number of aryl methyl sites for hydroxylation is 1. The van der Waals surface area contributed by atoms with Crippen molar-refractivity contribution in [1.82, 2.24) is 0 Å². The van der Waals surface area contributed by atoms with Crippen molar-refractivity contribution in [3.05, 3.63) is 75.7 Å². The number of nitrogens with one attached hydrogen (secondary N) is 1.